The van der Waals surface area contributed by atoms with E-state index in [1.54, 1.807) is 0 Å². The molecule has 0 radical (unpaired) electrons. The summed E-state index contributed by atoms with van der Waals surface area (Å²) >= 11 is 0. The van der Waals surface area contributed by atoms with Crippen molar-refractivity contribution in [1.29, 1.82) is 1.43 Å². The SMILES string of the molecule is [3H]OCCCOc1ccc([N+](=O)[O-])c(C(C)O)c1. The normalized spacial score (nSPS) is 12.9. The third-order valence-corrected chi connectivity index (χ3v) is 2.20. The minimum Gasteiger partial charge on any atom is -0.493 e. The zero-order valence-electron chi connectivity index (χ0n) is 10.5. The molecule has 17 heavy (non-hydrogen) atoms. The number of nitro benzene ring substituents is 1. The quantitative estimate of drug-likeness (QED) is 0.429. The van der Waals surface area contributed by atoms with Crippen molar-refractivity contribution >= 4 is 5.69 Å². The number of benzene rings is 1. The van der Waals surface area contributed by atoms with Crippen LogP contribution in [0.5, 0.6) is 5.75 Å². The van der Waals surface area contributed by atoms with E-state index in [4.69, 9.17) is 6.17 Å². The first kappa shape index (κ1) is 11.8. The van der Waals surface area contributed by atoms with Crippen molar-refractivity contribution in [3.63, 3.8) is 0 Å². The molecule has 0 amide bonds. The maximum atomic E-state index is 10.8. The predicted octanol–water partition coefficient (Wildman–Crippen LogP) is 1.41. The number of aliphatic hydroxyl groups is 2. The molecule has 6 heteroatoms. The van der Waals surface area contributed by atoms with Crippen molar-refractivity contribution in [3.8, 4) is 5.75 Å². The van der Waals surface area contributed by atoms with Gasteiger partial charge >= 0.3 is 0 Å². The molecule has 1 rings (SSSR count). The average Bonchev–Trinajstić information content (AvgIpc) is 2.34. The van der Waals surface area contributed by atoms with Crippen molar-refractivity contribution in [2.75, 3.05) is 13.2 Å². The van der Waals surface area contributed by atoms with Gasteiger partial charge in [0.1, 0.15) is 5.75 Å². The van der Waals surface area contributed by atoms with E-state index in [9.17, 15) is 15.2 Å². The van der Waals surface area contributed by atoms with E-state index in [1.165, 1.54) is 25.1 Å². The topological polar surface area (TPSA) is 92.8 Å². The first-order chi connectivity index (χ1) is 8.56. The van der Waals surface area contributed by atoms with Crippen LogP contribution in [0, 0.1) is 10.1 Å². The number of rotatable bonds is 7. The second kappa shape index (κ2) is 6.17. The number of aliphatic hydroxyl groups excluding tert-OH is 2. The lowest BCUT2D eigenvalue weighted by Crippen LogP contribution is -2.03. The Bertz CT molecular complexity index is 410. The van der Waals surface area contributed by atoms with Gasteiger partial charge in [-0.05, 0) is 19.1 Å². The summed E-state index contributed by atoms with van der Waals surface area (Å²) in [5.41, 5.74) is 0.0843. The summed E-state index contributed by atoms with van der Waals surface area (Å²) in [6.07, 6.45) is -0.393. The Morgan fingerprint density at radius 1 is 1.65 bits per heavy atom. The molecule has 1 aromatic rings. The lowest BCUT2D eigenvalue weighted by atomic mass is 10.1. The van der Waals surface area contributed by atoms with E-state index in [0.29, 0.717) is 18.8 Å². The average molecular weight is 243 g/mol. The monoisotopic (exact) mass is 243 g/mol. The summed E-state index contributed by atoms with van der Waals surface area (Å²) in [4.78, 5) is 10.2. The highest BCUT2D eigenvalue weighted by molar-refractivity contribution is 5.46. The number of nitro groups is 1. The maximum absolute atomic E-state index is 10.8. The van der Waals surface area contributed by atoms with Crippen molar-refractivity contribution in [2.24, 2.45) is 0 Å². The van der Waals surface area contributed by atoms with Crippen LogP contribution in [0.1, 0.15) is 25.0 Å². The van der Waals surface area contributed by atoms with Crippen LogP contribution in [0.25, 0.3) is 0 Å². The van der Waals surface area contributed by atoms with E-state index < -0.39 is 11.0 Å². The lowest BCUT2D eigenvalue weighted by molar-refractivity contribution is -0.386. The van der Waals surface area contributed by atoms with Gasteiger partial charge < -0.3 is 15.0 Å². The van der Waals surface area contributed by atoms with E-state index in [2.05, 4.69) is 5.11 Å². The fourth-order valence-electron chi connectivity index (χ4n) is 1.37. The van der Waals surface area contributed by atoms with Gasteiger partial charge in [0.2, 0.25) is 1.43 Å². The Morgan fingerprint density at radius 2 is 2.41 bits per heavy atom. The Kier molecular flexibility index (Phi) is 4.29. The summed E-state index contributed by atoms with van der Waals surface area (Å²) in [6, 6.07) is 4.23. The fourth-order valence-corrected chi connectivity index (χ4v) is 1.37. The Hall–Kier alpha value is -1.66. The molecule has 0 aliphatic carbocycles. The molecule has 1 atom stereocenters. The molecule has 6 nitrogen and oxygen atoms in total. The number of nitrogens with zero attached hydrogens (tertiary/aromatic N) is 1. The molecule has 1 aromatic carbocycles. The Morgan fingerprint density at radius 3 is 3.00 bits per heavy atom. The zero-order valence-corrected chi connectivity index (χ0v) is 9.46. The molecule has 0 aliphatic rings. The molecule has 2 N–H and O–H groups in total. The molecule has 1 unspecified atom stereocenters. The van der Waals surface area contributed by atoms with Crippen LogP contribution < -0.4 is 4.74 Å². The van der Waals surface area contributed by atoms with E-state index in [-0.39, 0.29) is 17.9 Å². The van der Waals surface area contributed by atoms with Crippen LogP contribution in [0.3, 0.4) is 0 Å². The number of hydrogen-bond donors (Lipinski definition) is 2. The Labute approximate surface area is 100 Å². The smallest absolute Gasteiger partial charge is 0.275 e. The lowest BCUT2D eigenvalue weighted by Gasteiger charge is -2.09. The van der Waals surface area contributed by atoms with Crippen LogP contribution >= 0.6 is 0 Å². The fraction of sp³-hybridized carbons (Fsp3) is 0.455. The first-order valence-corrected chi connectivity index (χ1v) is 5.23. The van der Waals surface area contributed by atoms with Gasteiger partial charge in [-0.1, -0.05) is 0 Å². The van der Waals surface area contributed by atoms with Crippen LogP contribution in [-0.2, 0) is 0 Å². The zero-order chi connectivity index (χ0) is 13.5. The molecular formula is C11H15NO5. The van der Waals surface area contributed by atoms with Gasteiger partial charge in [-0.2, -0.15) is 0 Å². The predicted molar refractivity (Wildman–Crippen MR) is 60.9 cm³/mol. The minimum atomic E-state index is -0.939. The van der Waals surface area contributed by atoms with Crippen LogP contribution in [0.2, 0.25) is 0 Å². The molecule has 0 saturated carbocycles. The standard InChI is InChI=1S/C11H15NO5/c1-8(14)10-7-9(17-6-2-5-13)3-4-11(10)12(15)16/h3-4,7-8,13-14H,2,5-6H2,1H3/i13T. The molecule has 0 spiro atoms. The summed E-state index contributed by atoms with van der Waals surface area (Å²) < 4.78 is 11.8. The van der Waals surface area contributed by atoms with Gasteiger partial charge in [0, 0.05) is 19.1 Å². The van der Waals surface area contributed by atoms with E-state index in [1.807, 2.05) is 0 Å². The second-order valence-corrected chi connectivity index (χ2v) is 3.56. The van der Waals surface area contributed by atoms with E-state index >= 15 is 0 Å². The van der Waals surface area contributed by atoms with Gasteiger partial charge in [-0.25, -0.2) is 0 Å². The molecule has 0 bridgehead atoms. The third kappa shape index (κ3) is 3.69. The van der Waals surface area contributed by atoms with Crippen LogP contribution in [-0.4, -0.2) is 29.8 Å². The summed E-state index contributed by atoms with van der Waals surface area (Å²) in [6.45, 7) is 2.06. The van der Waals surface area contributed by atoms with Gasteiger partial charge in [-0.15, -0.1) is 0 Å². The molecule has 0 saturated heterocycles. The number of ether oxygens (including phenoxy) is 1. The van der Waals surface area contributed by atoms with Gasteiger partial charge in [0.25, 0.3) is 5.69 Å². The number of hydrogen-bond acceptors (Lipinski definition) is 5. The molecule has 94 valence electrons. The molecule has 0 fully saturated rings. The highest BCUT2D eigenvalue weighted by Crippen LogP contribution is 2.29. The summed E-state index contributed by atoms with van der Waals surface area (Å²) in [7, 11) is 0. The maximum Gasteiger partial charge on any atom is 0.275 e. The van der Waals surface area contributed by atoms with Crippen molar-refractivity contribution in [3.05, 3.63) is 33.9 Å². The summed E-state index contributed by atoms with van der Waals surface area (Å²) in [5.74, 6) is 0.446. The van der Waals surface area contributed by atoms with Gasteiger partial charge in [0.15, 0.2) is 0 Å². The van der Waals surface area contributed by atoms with Crippen molar-refractivity contribution < 1.29 is 19.9 Å². The highest BCUT2D eigenvalue weighted by atomic mass is 16.6. The van der Waals surface area contributed by atoms with Crippen molar-refractivity contribution in [1.82, 2.24) is 0 Å². The van der Waals surface area contributed by atoms with E-state index in [0.717, 1.165) is 0 Å². The Balaban J connectivity index is 2.77. The molecular weight excluding hydrogens is 226 g/mol. The highest BCUT2D eigenvalue weighted by Gasteiger charge is 2.18. The summed E-state index contributed by atoms with van der Waals surface area (Å²) in [5, 5.41) is 24.4. The van der Waals surface area contributed by atoms with Crippen LogP contribution in [0.15, 0.2) is 18.2 Å². The van der Waals surface area contributed by atoms with Gasteiger partial charge in [0.05, 0.1) is 23.2 Å². The largest absolute Gasteiger partial charge is 0.493 e. The minimum absolute atomic E-state index is 0.133. The molecule has 0 aliphatic heterocycles. The molecule has 0 heterocycles. The molecule has 0 aromatic heterocycles. The second-order valence-electron chi connectivity index (χ2n) is 3.56. The van der Waals surface area contributed by atoms with Gasteiger partial charge in [-0.3, -0.25) is 10.1 Å². The third-order valence-electron chi connectivity index (χ3n) is 2.20. The first-order valence-electron chi connectivity index (χ1n) is 5.64. The van der Waals surface area contributed by atoms with Crippen LogP contribution in [0.4, 0.5) is 5.69 Å². The van der Waals surface area contributed by atoms with Crippen molar-refractivity contribution in [2.45, 2.75) is 19.4 Å².